The minimum absolute atomic E-state index is 0.105. The summed E-state index contributed by atoms with van der Waals surface area (Å²) in [5, 5.41) is 10.2. The molecule has 0 radical (unpaired) electrons. The summed E-state index contributed by atoms with van der Waals surface area (Å²) in [5.41, 5.74) is 5.97. The Morgan fingerprint density at radius 3 is 2.31 bits per heavy atom. The molecule has 72 valence electrons. The number of halogens is 3. The maximum Gasteiger partial charge on any atom is 0.140 e. The molecule has 1 unspecified atom stereocenters. The van der Waals surface area contributed by atoms with Crippen LogP contribution in [0.3, 0.4) is 0 Å². The van der Waals surface area contributed by atoms with Crippen LogP contribution in [0.4, 0.5) is 0 Å². The Bertz CT molecular complexity index is 312. The van der Waals surface area contributed by atoms with Crippen molar-refractivity contribution in [3.8, 4) is 5.75 Å². The molecule has 0 saturated heterocycles. The minimum atomic E-state index is -0.413. The number of hydrogen-bond acceptors (Lipinski definition) is 2. The second kappa shape index (κ2) is 3.93. The van der Waals surface area contributed by atoms with Crippen molar-refractivity contribution in [2.75, 3.05) is 0 Å². The monoisotopic (exact) mass is 239 g/mol. The summed E-state index contributed by atoms with van der Waals surface area (Å²) in [6.45, 7) is 1.69. The van der Waals surface area contributed by atoms with Crippen LogP contribution in [-0.2, 0) is 0 Å². The van der Waals surface area contributed by atoms with Gasteiger partial charge in [-0.15, -0.1) is 0 Å². The van der Waals surface area contributed by atoms with E-state index < -0.39 is 6.04 Å². The molecule has 0 heterocycles. The number of nitrogens with two attached hydrogens (primary N) is 1. The molecule has 0 bridgehead atoms. The maximum absolute atomic E-state index is 9.52. The molecule has 0 aliphatic rings. The largest absolute Gasteiger partial charge is 0.506 e. The van der Waals surface area contributed by atoms with Gasteiger partial charge in [-0.3, -0.25) is 0 Å². The van der Waals surface area contributed by atoms with Gasteiger partial charge in [-0.2, -0.15) is 0 Å². The summed E-state index contributed by atoms with van der Waals surface area (Å²) in [7, 11) is 0. The Balaban J connectivity index is 3.46. The predicted octanol–water partition coefficient (Wildman–Crippen LogP) is 3.37. The predicted molar refractivity (Wildman–Crippen MR) is 55.7 cm³/mol. The standard InChI is InChI=1S/C8H8Cl3NO/c1-3(12)6-7(11)4(9)2-5(10)8(6)13/h2-3,13H,12H2,1H3. The topological polar surface area (TPSA) is 46.2 Å². The molecule has 3 N–H and O–H groups in total. The van der Waals surface area contributed by atoms with Crippen LogP contribution in [0.5, 0.6) is 5.75 Å². The average molecular weight is 241 g/mol. The highest BCUT2D eigenvalue weighted by Crippen LogP contribution is 2.40. The molecule has 0 aromatic heterocycles. The Hall–Kier alpha value is -0.150. The van der Waals surface area contributed by atoms with Crippen molar-refractivity contribution in [2.24, 2.45) is 5.73 Å². The van der Waals surface area contributed by atoms with Gasteiger partial charge in [-0.1, -0.05) is 34.8 Å². The van der Waals surface area contributed by atoms with E-state index in [2.05, 4.69) is 0 Å². The third kappa shape index (κ3) is 2.02. The second-order valence-electron chi connectivity index (χ2n) is 2.71. The number of phenols is 1. The van der Waals surface area contributed by atoms with E-state index in [1.165, 1.54) is 6.07 Å². The van der Waals surface area contributed by atoms with Gasteiger partial charge in [0, 0.05) is 11.6 Å². The first-order valence-corrected chi connectivity index (χ1v) is 4.70. The summed E-state index contributed by atoms with van der Waals surface area (Å²) in [6, 6.07) is 0.968. The number of benzene rings is 1. The van der Waals surface area contributed by atoms with E-state index >= 15 is 0 Å². The van der Waals surface area contributed by atoms with E-state index in [-0.39, 0.29) is 20.8 Å². The van der Waals surface area contributed by atoms with Crippen molar-refractivity contribution in [3.05, 3.63) is 26.7 Å². The van der Waals surface area contributed by atoms with E-state index in [0.717, 1.165) is 0 Å². The lowest BCUT2D eigenvalue weighted by atomic mass is 10.1. The van der Waals surface area contributed by atoms with E-state index in [9.17, 15) is 5.11 Å². The second-order valence-corrected chi connectivity index (χ2v) is 3.90. The van der Waals surface area contributed by atoms with Crippen molar-refractivity contribution in [2.45, 2.75) is 13.0 Å². The lowest BCUT2D eigenvalue weighted by Crippen LogP contribution is -2.06. The molecule has 13 heavy (non-hydrogen) atoms. The molecule has 0 aliphatic carbocycles. The van der Waals surface area contributed by atoms with Crippen molar-refractivity contribution in [1.29, 1.82) is 0 Å². The Labute approximate surface area is 91.2 Å². The molecule has 1 atom stereocenters. The molecule has 0 saturated carbocycles. The van der Waals surface area contributed by atoms with Crippen LogP contribution in [-0.4, -0.2) is 5.11 Å². The van der Waals surface area contributed by atoms with E-state index in [1.807, 2.05) is 0 Å². The third-order valence-corrected chi connectivity index (χ3v) is 2.73. The van der Waals surface area contributed by atoms with Gasteiger partial charge in [-0.05, 0) is 13.0 Å². The quantitative estimate of drug-likeness (QED) is 0.739. The molecular formula is C8H8Cl3NO. The van der Waals surface area contributed by atoms with Gasteiger partial charge in [0.05, 0.1) is 15.1 Å². The number of phenolic OH excluding ortho intramolecular Hbond substituents is 1. The number of rotatable bonds is 1. The molecule has 1 aromatic rings. The summed E-state index contributed by atoms with van der Waals surface area (Å²) < 4.78 is 0. The van der Waals surface area contributed by atoms with E-state index in [0.29, 0.717) is 5.56 Å². The molecule has 1 aromatic carbocycles. The van der Waals surface area contributed by atoms with Gasteiger partial charge < -0.3 is 10.8 Å². The fraction of sp³-hybridized carbons (Fsp3) is 0.250. The van der Waals surface area contributed by atoms with Crippen LogP contribution in [0.1, 0.15) is 18.5 Å². The Morgan fingerprint density at radius 1 is 1.31 bits per heavy atom. The summed E-state index contributed by atoms with van der Waals surface area (Å²) in [5.74, 6) is -0.105. The van der Waals surface area contributed by atoms with E-state index in [1.54, 1.807) is 6.92 Å². The highest BCUT2D eigenvalue weighted by molar-refractivity contribution is 6.44. The molecule has 1 rings (SSSR count). The summed E-state index contributed by atoms with van der Waals surface area (Å²) in [4.78, 5) is 0. The Kier molecular flexibility index (Phi) is 3.30. The van der Waals surface area contributed by atoms with Gasteiger partial charge in [0.15, 0.2) is 0 Å². The first kappa shape index (κ1) is 10.9. The van der Waals surface area contributed by atoms with Gasteiger partial charge in [0.25, 0.3) is 0 Å². The van der Waals surface area contributed by atoms with Gasteiger partial charge in [0.2, 0.25) is 0 Å². The van der Waals surface area contributed by atoms with Crippen LogP contribution >= 0.6 is 34.8 Å². The van der Waals surface area contributed by atoms with E-state index in [4.69, 9.17) is 40.5 Å². The lowest BCUT2D eigenvalue weighted by molar-refractivity contribution is 0.464. The first-order valence-electron chi connectivity index (χ1n) is 3.57. The van der Waals surface area contributed by atoms with Gasteiger partial charge >= 0.3 is 0 Å². The summed E-state index contributed by atoms with van der Waals surface area (Å²) in [6.07, 6.45) is 0. The van der Waals surface area contributed by atoms with Crippen molar-refractivity contribution in [1.82, 2.24) is 0 Å². The molecule has 0 aliphatic heterocycles. The average Bonchev–Trinajstić information content (AvgIpc) is 2.01. The van der Waals surface area contributed by atoms with Gasteiger partial charge in [-0.25, -0.2) is 0 Å². The molecule has 5 heteroatoms. The lowest BCUT2D eigenvalue weighted by Gasteiger charge is -2.12. The number of hydrogen-bond donors (Lipinski definition) is 2. The fourth-order valence-electron chi connectivity index (χ4n) is 1.02. The molecule has 0 fully saturated rings. The third-order valence-electron chi connectivity index (χ3n) is 1.64. The molecule has 0 spiro atoms. The highest BCUT2D eigenvalue weighted by atomic mass is 35.5. The van der Waals surface area contributed by atoms with Crippen LogP contribution in [0.25, 0.3) is 0 Å². The zero-order valence-electron chi connectivity index (χ0n) is 6.81. The highest BCUT2D eigenvalue weighted by Gasteiger charge is 2.17. The van der Waals surface area contributed by atoms with Gasteiger partial charge in [0.1, 0.15) is 5.75 Å². The van der Waals surface area contributed by atoms with Crippen LogP contribution in [0.15, 0.2) is 6.07 Å². The minimum Gasteiger partial charge on any atom is -0.506 e. The van der Waals surface area contributed by atoms with Crippen molar-refractivity contribution < 1.29 is 5.11 Å². The number of aromatic hydroxyl groups is 1. The smallest absolute Gasteiger partial charge is 0.140 e. The Morgan fingerprint density at radius 2 is 1.85 bits per heavy atom. The summed E-state index contributed by atoms with van der Waals surface area (Å²) >= 11 is 17.3. The van der Waals surface area contributed by atoms with Crippen molar-refractivity contribution >= 4 is 34.8 Å². The molecule has 2 nitrogen and oxygen atoms in total. The zero-order chi connectivity index (χ0) is 10.2. The van der Waals surface area contributed by atoms with Crippen LogP contribution < -0.4 is 5.73 Å². The SMILES string of the molecule is CC(N)c1c(O)c(Cl)cc(Cl)c1Cl. The molecule has 0 amide bonds. The van der Waals surface area contributed by atoms with Crippen molar-refractivity contribution in [3.63, 3.8) is 0 Å². The molecular weight excluding hydrogens is 232 g/mol. The van der Waals surface area contributed by atoms with Crippen LogP contribution in [0, 0.1) is 0 Å². The zero-order valence-corrected chi connectivity index (χ0v) is 9.08. The normalized spacial score (nSPS) is 13.0. The van der Waals surface area contributed by atoms with Crippen LogP contribution in [0.2, 0.25) is 15.1 Å². The first-order chi connectivity index (χ1) is 5.95. The fourth-order valence-corrected chi connectivity index (χ4v) is 1.81. The maximum atomic E-state index is 9.52.